The minimum atomic E-state index is -0.136. The molecule has 0 radical (unpaired) electrons. The highest BCUT2D eigenvalue weighted by atomic mass is 16.5. The van der Waals surface area contributed by atoms with E-state index in [1.54, 1.807) is 13.3 Å². The molecule has 7 heteroatoms. The molecule has 27 heavy (non-hydrogen) atoms. The first kappa shape index (κ1) is 19.1. The van der Waals surface area contributed by atoms with Crippen LogP contribution < -0.4 is 15.0 Å². The standard InChI is InChI=1S/C20H27N5O2/c1-14(2)24-7-9-25(10-8-24)20-13-21-18(12-22-20)16-5-6-17(23-15(3)26)19(11-16)27-4/h5-6,11-14H,7-10H2,1-4H3,(H,23,26). The minimum absolute atomic E-state index is 0.136. The Morgan fingerprint density at radius 2 is 1.89 bits per heavy atom. The Labute approximate surface area is 160 Å². The lowest BCUT2D eigenvalue weighted by molar-refractivity contribution is -0.114. The quantitative estimate of drug-likeness (QED) is 0.874. The number of hydrogen-bond acceptors (Lipinski definition) is 6. The topological polar surface area (TPSA) is 70.6 Å². The summed E-state index contributed by atoms with van der Waals surface area (Å²) >= 11 is 0. The molecule has 144 valence electrons. The maximum Gasteiger partial charge on any atom is 0.221 e. The molecule has 1 fully saturated rings. The molecule has 0 atom stereocenters. The molecule has 1 N–H and O–H groups in total. The number of nitrogens with zero attached hydrogens (tertiary/aromatic N) is 4. The monoisotopic (exact) mass is 369 g/mol. The van der Waals surface area contributed by atoms with Crippen molar-refractivity contribution >= 4 is 17.4 Å². The van der Waals surface area contributed by atoms with E-state index in [2.05, 4.69) is 38.9 Å². The van der Waals surface area contributed by atoms with Gasteiger partial charge in [-0.05, 0) is 26.0 Å². The molecule has 3 rings (SSSR count). The van der Waals surface area contributed by atoms with Crippen LogP contribution in [0.15, 0.2) is 30.6 Å². The number of ether oxygens (including phenoxy) is 1. The van der Waals surface area contributed by atoms with E-state index < -0.39 is 0 Å². The van der Waals surface area contributed by atoms with Gasteiger partial charge in [-0.25, -0.2) is 4.98 Å². The summed E-state index contributed by atoms with van der Waals surface area (Å²) in [6, 6.07) is 6.15. The highest BCUT2D eigenvalue weighted by molar-refractivity contribution is 5.91. The molecule has 1 aliphatic heterocycles. The summed E-state index contributed by atoms with van der Waals surface area (Å²) in [6.45, 7) is 9.95. The number of carbonyl (C=O) groups is 1. The van der Waals surface area contributed by atoms with Gasteiger partial charge in [0.25, 0.3) is 0 Å². The van der Waals surface area contributed by atoms with E-state index in [0.717, 1.165) is 43.3 Å². The lowest BCUT2D eigenvalue weighted by Crippen LogP contribution is -2.49. The van der Waals surface area contributed by atoms with E-state index in [1.807, 2.05) is 24.4 Å². The van der Waals surface area contributed by atoms with E-state index in [1.165, 1.54) is 6.92 Å². The van der Waals surface area contributed by atoms with Crippen LogP contribution in [0.5, 0.6) is 5.75 Å². The van der Waals surface area contributed by atoms with Crippen LogP contribution in [0.1, 0.15) is 20.8 Å². The summed E-state index contributed by atoms with van der Waals surface area (Å²) < 4.78 is 5.38. The Hall–Kier alpha value is -2.67. The van der Waals surface area contributed by atoms with Crippen LogP contribution in [0.4, 0.5) is 11.5 Å². The number of carbonyl (C=O) groups excluding carboxylic acids is 1. The third-order valence-corrected chi connectivity index (χ3v) is 4.81. The molecule has 1 aromatic heterocycles. The van der Waals surface area contributed by atoms with Crippen LogP contribution in [0.3, 0.4) is 0 Å². The van der Waals surface area contributed by atoms with E-state index >= 15 is 0 Å². The van der Waals surface area contributed by atoms with Crippen molar-refractivity contribution in [3.05, 3.63) is 30.6 Å². The molecule has 0 aliphatic carbocycles. The van der Waals surface area contributed by atoms with Crippen molar-refractivity contribution in [1.82, 2.24) is 14.9 Å². The zero-order valence-electron chi connectivity index (χ0n) is 16.4. The lowest BCUT2D eigenvalue weighted by atomic mass is 10.1. The van der Waals surface area contributed by atoms with Gasteiger partial charge in [0.05, 0.1) is 30.9 Å². The number of rotatable bonds is 5. The van der Waals surface area contributed by atoms with Gasteiger partial charge in [0.1, 0.15) is 11.6 Å². The van der Waals surface area contributed by atoms with Gasteiger partial charge in [-0.15, -0.1) is 0 Å². The summed E-state index contributed by atoms with van der Waals surface area (Å²) in [6.07, 6.45) is 3.62. The zero-order valence-corrected chi connectivity index (χ0v) is 16.4. The predicted molar refractivity (Wildman–Crippen MR) is 107 cm³/mol. The third-order valence-electron chi connectivity index (χ3n) is 4.81. The second kappa shape index (κ2) is 8.35. The molecule has 0 unspecified atom stereocenters. The Balaban J connectivity index is 1.73. The van der Waals surface area contributed by atoms with Gasteiger partial charge in [0.2, 0.25) is 5.91 Å². The Morgan fingerprint density at radius 1 is 1.15 bits per heavy atom. The molecule has 1 aliphatic rings. The SMILES string of the molecule is COc1cc(-c2cnc(N3CCN(C(C)C)CC3)cn2)ccc1NC(C)=O. The van der Waals surface area contributed by atoms with Crippen LogP contribution in [0.25, 0.3) is 11.3 Å². The maximum atomic E-state index is 11.3. The molecule has 1 amide bonds. The fourth-order valence-corrected chi connectivity index (χ4v) is 3.24. The number of methoxy groups -OCH3 is 1. The van der Waals surface area contributed by atoms with Crippen molar-refractivity contribution in [2.24, 2.45) is 0 Å². The first-order valence-corrected chi connectivity index (χ1v) is 9.25. The predicted octanol–water partition coefficient (Wildman–Crippen LogP) is 2.64. The average molecular weight is 369 g/mol. The van der Waals surface area contributed by atoms with Gasteiger partial charge in [0.15, 0.2) is 0 Å². The van der Waals surface area contributed by atoms with E-state index in [4.69, 9.17) is 4.74 Å². The van der Waals surface area contributed by atoms with Crippen molar-refractivity contribution in [2.45, 2.75) is 26.8 Å². The smallest absolute Gasteiger partial charge is 0.221 e. The van der Waals surface area contributed by atoms with Crippen LogP contribution in [-0.4, -0.2) is 60.1 Å². The van der Waals surface area contributed by atoms with Crippen molar-refractivity contribution < 1.29 is 9.53 Å². The molecule has 0 saturated carbocycles. The Morgan fingerprint density at radius 3 is 2.44 bits per heavy atom. The normalized spacial score (nSPS) is 15.1. The average Bonchev–Trinajstić information content (AvgIpc) is 2.68. The first-order chi connectivity index (χ1) is 13.0. The van der Waals surface area contributed by atoms with Gasteiger partial charge in [0, 0.05) is 44.7 Å². The van der Waals surface area contributed by atoms with Crippen LogP contribution in [0.2, 0.25) is 0 Å². The molecule has 1 aromatic carbocycles. The second-order valence-electron chi connectivity index (χ2n) is 6.97. The van der Waals surface area contributed by atoms with E-state index in [-0.39, 0.29) is 5.91 Å². The largest absolute Gasteiger partial charge is 0.495 e. The first-order valence-electron chi connectivity index (χ1n) is 9.25. The van der Waals surface area contributed by atoms with Gasteiger partial charge in [-0.3, -0.25) is 14.7 Å². The minimum Gasteiger partial charge on any atom is -0.495 e. The van der Waals surface area contributed by atoms with Gasteiger partial charge in [-0.1, -0.05) is 6.07 Å². The summed E-state index contributed by atoms with van der Waals surface area (Å²) in [5, 5.41) is 2.76. The number of hydrogen-bond donors (Lipinski definition) is 1. The van der Waals surface area contributed by atoms with Crippen LogP contribution in [0, 0.1) is 0 Å². The Bertz CT molecular complexity index is 783. The molecule has 2 heterocycles. The molecule has 0 bridgehead atoms. The van der Waals surface area contributed by atoms with Crippen molar-refractivity contribution in [2.75, 3.05) is 43.5 Å². The number of benzene rings is 1. The fraction of sp³-hybridized carbons (Fsp3) is 0.450. The second-order valence-corrected chi connectivity index (χ2v) is 6.97. The number of piperazine rings is 1. The molecule has 7 nitrogen and oxygen atoms in total. The van der Waals surface area contributed by atoms with Crippen molar-refractivity contribution in [1.29, 1.82) is 0 Å². The van der Waals surface area contributed by atoms with Gasteiger partial charge >= 0.3 is 0 Å². The summed E-state index contributed by atoms with van der Waals surface area (Å²) in [4.78, 5) is 25.2. The molecular weight excluding hydrogens is 342 g/mol. The lowest BCUT2D eigenvalue weighted by Gasteiger charge is -2.37. The van der Waals surface area contributed by atoms with Crippen molar-refractivity contribution in [3.8, 4) is 17.0 Å². The van der Waals surface area contributed by atoms with Crippen LogP contribution >= 0.6 is 0 Å². The van der Waals surface area contributed by atoms with E-state index in [9.17, 15) is 4.79 Å². The van der Waals surface area contributed by atoms with E-state index in [0.29, 0.717) is 17.5 Å². The van der Waals surface area contributed by atoms with Crippen molar-refractivity contribution in [3.63, 3.8) is 0 Å². The van der Waals surface area contributed by atoms with Gasteiger partial charge in [-0.2, -0.15) is 0 Å². The third kappa shape index (κ3) is 4.54. The summed E-state index contributed by atoms with van der Waals surface area (Å²) in [7, 11) is 1.58. The Kier molecular flexibility index (Phi) is 5.91. The maximum absolute atomic E-state index is 11.3. The molecule has 0 spiro atoms. The fourth-order valence-electron chi connectivity index (χ4n) is 3.24. The number of amides is 1. The van der Waals surface area contributed by atoms with Crippen LogP contribution in [-0.2, 0) is 4.79 Å². The van der Waals surface area contributed by atoms with Gasteiger partial charge < -0.3 is 15.0 Å². The highest BCUT2D eigenvalue weighted by Gasteiger charge is 2.20. The number of aromatic nitrogens is 2. The molecular formula is C20H27N5O2. The molecule has 1 saturated heterocycles. The number of nitrogens with one attached hydrogen (secondary N) is 1. The zero-order chi connectivity index (χ0) is 19.4. The number of anilines is 2. The highest BCUT2D eigenvalue weighted by Crippen LogP contribution is 2.30. The molecule has 2 aromatic rings. The summed E-state index contributed by atoms with van der Waals surface area (Å²) in [5.74, 6) is 1.37. The summed E-state index contributed by atoms with van der Waals surface area (Å²) in [5.41, 5.74) is 2.30.